The van der Waals surface area contributed by atoms with Crippen LogP contribution in [0.15, 0.2) is 6.20 Å². The van der Waals surface area contributed by atoms with Gasteiger partial charge in [0.15, 0.2) is 0 Å². The third-order valence-corrected chi connectivity index (χ3v) is 3.69. The Morgan fingerprint density at radius 2 is 1.55 bits per heavy atom. The fourth-order valence-electron chi connectivity index (χ4n) is 2.44. The summed E-state index contributed by atoms with van der Waals surface area (Å²) in [6.07, 6.45) is 16.1. The number of aromatic nitrogens is 3. The average molecular weight is 281 g/mol. The van der Waals surface area contributed by atoms with Crippen molar-refractivity contribution in [3.63, 3.8) is 0 Å². The molecule has 20 heavy (non-hydrogen) atoms. The predicted molar refractivity (Wildman–Crippen MR) is 82.7 cm³/mol. The summed E-state index contributed by atoms with van der Waals surface area (Å²) < 4.78 is 1.90. The smallest absolute Gasteiger partial charge is 0.0849 e. The topological polar surface area (TPSA) is 50.9 Å². The maximum absolute atomic E-state index is 8.82. The summed E-state index contributed by atoms with van der Waals surface area (Å²) in [5.74, 6) is 0. The highest BCUT2D eigenvalue weighted by Crippen LogP contribution is 2.10. The van der Waals surface area contributed by atoms with E-state index in [1.165, 1.54) is 64.2 Å². The zero-order valence-electron chi connectivity index (χ0n) is 13.1. The van der Waals surface area contributed by atoms with E-state index in [0.717, 1.165) is 12.2 Å². The van der Waals surface area contributed by atoms with Gasteiger partial charge in [-0.3, -0.25) is 4.68 Å². The van der Waals surface area contributed by atoms with E-state index < -0.39 is 0 Å². The van der Waals surface area contributed by atoms with E-state index in [9.17, 15) is 0 Å². The van der Waals surface area contributed by atoms with E-state index in [4.69, 9.17) is 5.11 Å². The van der Waals surface area contributed by atoms with Crippen molar-refractivity contribution in [2.24, 2.45) is 0 Å². The molecule has 1 heterocycles. The first-order chi connectivity index (χ1) is 9.86. The molecule has 4 nitrogen and oxygen atoms in total. The van der Waals surface area contributed by atoms with Gasteiger partial charge < -0.3 is 5.11 Å². The first kappa shape index (κ1) is 17.2. The molecule has 1 rings (SSSR count). The lowest BCUT2D eigenvalue weighted by molar-refractivity contribution is 0.298. The van der Waals surface area contributed by atoms with Crippen LogP contribution >= 0.6 is 0 Å². The molecule has 0 spiro atoms. The van der Waals surface area contributed by atoms with E-state index in [0.29, 0.717) is 6.42 Å². The lowest BCUT2D eigenvalue weighted by Crippen LogP contribution is -1.98. The summed E-state index contributed by atoms with van der Waals surface area (Å²) >= 11 is 0. The molecular weight excluding hydrogens is 250 g/mol. The Balaban J connectivity index is 1.89. The minimum Gasteiger partial charge on any atom is -0.396 e. The summed E-state index contributed by atoms with van der Waals surface area (Å²) in [5, 5.41) is 16.9. The molecule has 4 heteroatoms. The van der Waals surface area contributed by atoms with E-state index in [1.54, 1.807) is 0 Å². The molecule has 0 aromatic carbocycles. The minimum absolute atomic E-state index is 0.150. The number of aryl methyl sites for hydroxylation is 1. The van der Waals surface area contributed by atoms with Crippen molar-refractivity contribution in [1.82, 2.24) is 15.0 Å². The molecule has 0 amide bonds. The van der Waals surface area contributed by atoms with Gasteiger partial charge >= 0.3 is 0 Å². The van der Waals surface area contributed by atoms with Gasteiger partial charge in [0, 0.05) is 25.8 Å². The lowest BCUT2D eigenvalue weighted by atomic mass is 10.1. The second-order valence-electron chi connectivity index (χ2n) is 5.63. The number of aliphatic hydroxyl groups excluding tert-OH is 1. The molecule has 0 saturated carbocycles. The normalized spacial score (nSPS) is 11.1. The second-order valence-corrected chi connectivity index (χ2v) is 5.63. The maximum Gasteiger partial charge on any atom is 0.0849 e. The maximum atomic E-state index is 8.82. The Morgan fingerprint density at radius 3 is 2.15 bits per heavy atom. The van der Waals surface area contributed by atoms with Crippen molar-refractivity contribution >= 4 is 0 Å². The summed E-state index contributed by atoms with van der Waals surface area (Å²) in [4.78, 5) is 0. The Bertz CT molecular complexity index is 325. The molecule has 0 bridgehead atoms. The first-order valence-electron chi connectivity index (χ1n) is 8.36. The molecule has 1 aromatic heterocycles. The van der Waals surface area contributed by atoms with Crippen molar-refractivity contribution in [2.75, 3.05) is 6.61 Å². The molecule has 1 aromatic rings. The van der Waals surface area contributed by atoms with Crippen molar-refractivity contribution in [1.29, 1.82) is 0 Å². The van der Waals surface area contributed by atoms with Crippen LogP contribution in [-0.2, 0) is 13.0 Å². The molecule has 0 aliphatic carbocycles. The van der Waals surface area contributed by atoms with Gasteiger partial charge in [0.1, 0.15) is 0 Å². The van der Waals surface area contributed by atoms with Crippen LogP contribution in [0.25, 0.3) is 0 Å². The van der Waals surface area contributed by atoms with Crippen LogP contribution in [0.3, 0.4) is 0 Å². The molecule has 0 aliphatic rings. The molecule has 0 fully saturated rings. The summed E-state index contributed by atoms with van der Waals surface area (Å²) in [6, 6.07) is 0. The third-order valence-electron chi connectivity index (χ3n) is 3.69. The van der Waals surface area contributed by atoms with Gasteiger partial charge in [-0.2, -0.15) is 0 Å². The van der Waals surface area contributed by atoms with Crippen LogP contribution in [0.2, 0.25) is 0 Å². The molecule has 0 saturated heterocycles. The van der Waals surface area contributed by atoms with Crippen molar-refractivity contribution in [3.8, 4) is 0 Å². The fraction of sp³-hybridized carbons (Fsp3) is 0.875. The SMILES string of the molecule is CCCCCCCCCCCCn1cc(CCO)nn1. The summed E-state index contributed by atoms with van der Waals surface area (Å²) in [7, 11) is 0. The molecule has 1 N–H and O–H groups in total. The molecule has 0 aliphatic heterocycles. The van der Waals surface area contributed by atoms with Gasteiger partial charge in [0.2, 0.25) is 0 Å². The van der Waals surface area contributed by atoms with Crippen LogP contribution < -0.4 is 0 Å². The number of hydrogen-bond acceptors (Lipinski definition) is 3. The molecule has 0 unspecified atom stereocenters. The lowest BCUT2D eigenvalue weighted by Gasteiger charge is -2.02. The monoisotopic (exact) mass is 281 g/mol. The zero-order valence-corrected chi connectivity index (χ0v) is 13.1. The number of unbranched alkanes of at least 4 members (excludes halogenated alkanes) is 9. The standard InChI is InChI=1S/C16H31N3O/c1-2-3-4-5-6-7-8-9-10-11-13-19-15-16(12-14-20)17-18-19/h15,20H,2-14H2,1H3. The van der Waals surface area contributed by atoms with E-state index >= 15 is 0 Å². The largest absolute Gasteiger partial charge is 0.396 e. The first-order valence-corrected chi connectivity index (χ1v) is 8.36. The predicted octanol–water partition coefficient (Wildman–Crippen LogP) is 3.73. The van der Waals surface area contributed by atoms with Crippen LogP contribution in [0.1, 0.15) is 76.8 Å². The van der Waals surface area contributed by atoms with Gasteiger partial charge in [-0.1, -0.05) is 69.9 Å². The molecule has 0 radical (unpaired) electrons. The minimum atomic E-state index is 0.150. The summed E-state index contributed by atoms with van der Waals surface area (Å²) in [5.41, 5.74) is 0.888. The Labute approximate surface area is 123 Å². The van der Waals surface area contributed by atoms with Gasteiger partial charge in [0.05, 0.1) is 5.69 Å². The second kappa shape index (κ2) is 11.9. The van der Waals surface area contributed by atoms with Crippen LogP contribution in [0, 0.1) is 0 Å². The van der Waals surface area contributed by atoms with Gasteiger partial charge in [-0.15, -0.1) is 5.10 Å². The molecule has 116 valence electrons. The van der Waals surface area contributed by atoms with Crippen molar-refractivity contribution in [2.45, 2.75) is 84.1 Å². The van der Waals surface area contributed by atoms with Crippen molar-refractivity contribution < 1.29 is 5.11 Å². The van der Waals surface area contributed by atoms with E-state index in [2.05, 4.69) is 17.2 Å². The highest BCUT2D eigenvalue weighted by Gasteiger charge is 1.99. The Hall–Kier alpha value is -0.900. The third kappa shape index (κ3) is 8.31. The molecular formula is C16H31N3O. The highest BCUT2D eigenvalue weighted by molar-refractivity contribution is 4.91. The van der Waals surface area contributed by atoms with Gasteiger partial charge in [0.25, 0.3) is 0 Å². The zero-order chi connectivity index (χ0) is 14.5. The van der Waals surface area contributed by atoms with Crippen LogP contribution in [0.4, 0.5) is 0 Å². The summed E-state index contributed by atoms with van der Waals surface area (Å²) in [6.45, 7) is 3.37. The molecule has 0 atom stereocenters. The van der Waals surface area contributed by atoms with Gasteiger partial charge in [-0.05, 0) is 6.42 Å². The number of nitrogens with zero attached hydrogens (tertiary/aromatic N) is 3. The van der Waals surface area contributed by atoms with Gasteiger partial charge in [-0.25, -0.2) is 0 Å². The van der Waals surface area contributed by atoms with Crippen LogP contribution in [0.5, 0.6) is 0 Å². The van der Waals surface area contributed by atoms with Crippen LogP contribution in [-0.4, -0.2) is 26.7 Å². The van der Waals surface area contributed by atoms with E-state index in [-0.39, 0.29) is 6.61 Å². The number of aliphatic hydroxyl groups is 1. The highest BCUT2D eigenvalue weighted by atomic mass is 16.3. The quantitative estimate of drug-likeness (QED) is 0.560. The van der Waals surface area contributed by atoms with Crippen molar-refractivity contribution in [3.05, 3.63) is 11.9 Å². The average Bonchev–Trinajstić information content (AvgIpc) is 2.89. The number of hydrogen-bond donors (Lipinski definition) is 1. The number of rotatable bonds is 13. The Morgan fingerprint density at radius 1 is 0.950 bits per heavy atom. The van der Waals surface area contributed by atoms with E-state index in [1.807, 2.05) is 10.9 Å². The fourth-order valence-corrected chi connectivity index (χ4v) is 2.44. The Kier molecular flexibility index (Phi) is 10.2.